The van der Waals surface area contributed by atoms with E-state index in [2.05, 4.69) is 0 Å². The molecule has 1 aromatic carbocycles. The fraction of sp³-hybridized carbons (Fsp3) is 0.400. The molecule has 0 aromatic heterocycles. The van der Waals surface area contributed by atoms with Gasteiger partial charge < -0.3 is 11.5 Å². The molecule has 0 saturated heterocycles. The Hall–Kier alpha value is -1.09. The Balaban J connectivity index is 2.56. The van der Waals surface area contributed by atoms with Crippen LogP contribution in [0.15, 0.2) is 12.1 Å². The summed E-state index contributed by atoms with van der Waals surface area (Å²) in [6.07, 6.45) is 1.81. The van der Waals surface area contributed by atoms with Gasteiger partial charge >= 0.3 is 0 Å². The quantitative estimate of drug-likeness (QED) is 0.646. The highest BCUT2D eigenvalue weighted by molar-refractivity contribution is 5.57. The van der Waals surface area contributed by atoms with Gasteiger partial charge in [-0.25, -0.2) is 4.39 Å². The molecule has 0 atom stereocenters. The minimum absolute atomic E-state index is 0.251. The van der Waals surface area contributed by atoms with E-state index in [0.717, 1.165) is 24.0 Å². The zero-order chi connectivity index (χ0) is 9.64. The van der Waals surface area contributed by atoms with Gasteiger partial charge in [-0.1, -0.05) is 0 Å². The summed E-state index contributed by atoms with van der Waals surface area (Å²) in [6, 6.07) is 2.89. The lowest BCUT2D eigenvalue weighted by molar-refractivity contribution is 0.617. The van der Waals surface area contributed by atoms with Gasteiger partial charge in [0, 0.05) is 11.2 Å². The van der Waals surface area contributed by atoms with E-state index in [0.29, 0.717) is 5.69 Å². The van der Waals surface area contributed by atoms with Crippen LogP contribution < -0.4 is 11.5 Å². The molecule has 0 amide bonds. The third-order valence-electron chi connectivity index (χ3n) is 2.68. The highest BCUT2D eigenvalue weighted by atomic mass is 19.1. The van der Waals surface area contributed by atoms with Gasteiger partial charge in [-0.2, -0.15) is 0 Å². The Morgan fingerprint density at radius 1 is 1.38 bits per heavy atom. The number of anilines is 1. The monoisotopic (exact) mass is 180 g/mol. The normalized spacial score (nSPS) is 18.7. The molecule has 2 nitrogen and oxygen atoms in total. The van der Waals surface area contributed by atoms with Crippen molar-refractivity contribution in [3.8, 4) is 0 Å². The van der Waals surface area contributed by atoms with Gasteiger partial charge in [0.05, 0.1) is 0 Å². The van der Waals surface area contributed by atoms with Gasteiger partial charge in [0.15, 0.2) is 0 Å². The number of nitrogens with two attached hydrogens (primary N) is 2. The molecule has 1 aliphatic rings. The fourth-order valence-electron chi connectivity index (χ4n) is 1.57. The van der Waals surface area contributed by atoms with Crippen molar-refractivity contribution >= 4 is 5.69 Å². The summed E-state index contributed by atoms with van der Waals surface area (Å²) in [6.45, 7) is 1.80. The van der Waals surface area contributed by atoms with Gasteiger partial charge in [0.1, 0.15) is 5.82 Å². The molecule has 2 rings (SSSR count). The van der Waals surface area contributed by atoms with Crippen molar-refractivity contribution in [3.05, 3.63) is 29.1 Å². The Morgan fingerprint density at radius 3 is 2.54 bits per heavy atom. The number of hydrogen-bond acceptors (Lipinski definition) is 2. The molecule has 13 heavy (non-hydrogen) atoms. The van der Waals surface area contributed by atoms with Crippen molar-refractivity contribution in [1.29, 1.82) is 0 Å². The lowest BCUT2D eigenvalue weighted by Gasteiger charge is -2.14. The molecule has 3 heteroatoms. The summed E-state index contributed by atoms with van der Waals surface area (Å²) in [5, 5.41) is 0. The van der Waals surface area contributed by atoms with Crippen LogP contribution in [0.5, 0.6) is 0 Å². The number of benzene rings is 1. The molecule has 0 radical (unpaired) electrons. The van der Waals surface area contributed by atoms with Crippen LogP contribution in [0.4, 0.5) is 10.1 Å². The molecule has 70 valence electrons. The molecule has 0 bridgehead atoms. The van der Waals surface area contributed by atoms with Crippen LogP contribution in [0.2, 0.25) is 0 Å². The molecular weight excluding hydrogens is 167 g/mol. The largest absolute Gasteiger partial charge is 0.398 e. The standard InChI is InChI=1S/C10H13FN2/c1-6-4-7(11)5-8(9(6)12)10(13)2-3-10/h4-5H,2-3,12-13H2,1H3. The summed E-state index contributed by atoms with van der Waals surface area (Å²) in [5.74, 6) is -0.251. The number of halogens is 1. The van der Waals surface area contributed by atoms with E-state index in [1.807, 2.05) is 0 Å². The third-order valence-corrected chi connectivity index (χ3v) is 2.68. The molecule has 1 aliphatic carbocycles. The Labute approximate surface area is 76.7 Å². The second-order valence-corrected chi connectivity index (χ2v) is 3.84. The minimum Gasteiger partial charge on any atom is -0.398 e. The maximum absolute atomic E-state index is 13.1. The predicted molar refractivity (Wildman–Crippen MR) is 50.6 cm³/mol. The number of nitrogen functional groups attached to an aromatic ring is 1. The first-order valence-corrected chi connectivity index (χ1v) is 4.38. The second kappa shape index (κ2) is 2.45. The molecular formula is C10H13FN2. The van der Waals surface area contributed by atoms with Gasteiger partial charge in [-0.3, -0.25) is 0 Å². The van der Waals surface area contributed by atoms with Crippen LogP contribution in [-0.4, -0.2) is 0 Å². The van der Waals surface area contributed by atoms with Crippen molar-refractivity contribution in [1.82, 2.24) is 0 Å². The average molecular weight is 180 g/mol. The summed E-state index contributed by atoms with van der Waals surface area (Å²) in [5.41, 5.74) is 13.6. The molecule has 0 unspecified atom stereocenters. The summed E-state index contributed by atoms with van der Waals surface area (Å²) in [4.78, 5) is 0. The van der Waals surface area contributed by atoms with Crippen molar-refractivity contribution < 1.29 is 4.39 Å². The van der Waals surface area contributed by atoms with E-state index in [-0.39, 0.29) is 11.4 Å². The maximum Gasteiger partial charge on any atom is 0.123 e. The van der Waals surface area contributed by atoms with Crippen LogP contribution in [0.1, 0.15) is 24.0 Å². The molecule has 0 aliphatic heterocycles. The van der Waals surface area contributed by atoms with E-state index in [4.69, 9.17) is 11.5 Å². The Morgan fingerprint density at radius 2 is 2.00 bits per heavy atom. The van der Waals surface area contributed by atoms with Crippen LogP contribution in [0.25, 0.3) is 0 Å². The summed E-state index contributed by atoms with van der Waals surface area (Å²) < 4.78 is 13.1. The van der Waals surface area contributed by atoms with Gasteiger partial charge in [-0.15, -0.1) is 0 Å². The molecule has 1 fully saturated rings. The molecule has 1 saturated carbocycles. The number of aryl methyl sites for hydroxylation is 1. The Bertz CT molecular complexity index is 356. The molecule has 1 aromatic rings. The first-order valence-electron chi connectivity index (χ1n) is 4.38. The zero-order valence-electron chi connectivity index (χ0n) is 7.60. The third kappa shape index (κ3) is 1.29. The number of hydrogen-bond donors (Lipinski definition) is 2. The fourth-order valence-corrected chi connectivity index (χ4v) is 1.57. The lowest BCUT2D eigenvalue weighted by atomic mass is 10.0. The van der Waals surface area contributed by atoms with Crippen molar-refractivity contribution in [2.75, 3.05) is 5.73 Å². The van der Waals surface area contributed by atoms with Crippen molar-refractivity contribution in [3.63, 3.8) is 0 Å². The van der Waals surface area contributed by atoms with Gasteiger partial charge in [0.25, 0.3) is 0 Å². The van der Waals surface area contributed by atoms with Crippen LogP contribution in [0.3, 0.4) is 0 Å². The van der Waals surface area contributed by atoms with E-state index in [1.165, 1.54) is 12.1 Å². The van der Waals surface area contributed by atoms with Crippen molar-refractivity contribution in [2.24, 2.45) is 5.73 Å². The highest BCUT2D eigenvalue weighted by Crippen LogP contribution is 2.45. The van der Waals surface area contributed by atoms with Crippen LogP contribution in [0, 0.1) is 12.7 Å². The van der Waals surface area contributed by atoms with Gasteiger partial charge in [0.2, 0.25) is 0 Å². The SMILES string of the molecule is Cc1cc(F)cc(C2(N)CC2)c1N. The lowest BCUT2D eigenvalue weighted by Crippen LogP contribution is -2.21. The molecule has 0 heterocycles. The van der Waals surface area contributed by atoms with E-state index < -0.39 is 0 Å². The first-order chi connectivity index (χ1) is 6.03. The molecule has 4 N–H and O–H groups in total. The highest BCUT2D eigenvalue weighted by Gasteiger charge is 2.41. The van der Waals surface area contributed by atoms with E-state index in [1.54, 1.807) is 6.92 Å². The van der Waals surface area contributed by atoms with Crippen LogP contribution in [-0.2, 0) is 5.54 Å². The smallest absolute Gasteiger partial charge is 0.123 e. The average Bonchev–Trinajstić information content (AvgIpc) is 2.77. The van der Waals surface area contributed by atoms with E-state index in [9.17, 15) is 4.39 Å². The van der Waals surface area contributed by atoms with E-state index >= 15 is 0 Å². The predicted octanol–water partition coefficient (Wildman–Crippen LogP) is 1.66. The Kier molecular flexibility index (Phi) is 1.60. The van der Waals surface area contributed by atoms with Gasteiger partial charge in [-0.05, 0) is 43.0 Å². The zero-order valence-corrected chi connectivity index (χ0v) is 7.60. The molecule has 0 spiro atoms. The summed E-state index contributed by atoms with van der Waals surface area (Å²) >= 11 is 0. The topological polar surface area (TPSA) is 52.0 Å². The van der Waals surface area contributed by atoms with Crippen molar-refractivity contribution in [2.45, 2.75) is 25.3 Å². The number of rotatable bonds is 1. The second-order valence-electron chi connectivity index (χ2n) is 3.84. The maximum atomic E-state index is 13.1. The van der Waals surface area contributed by atoms with Crippen LogP contribution >= 0.6 is 0 Å². The summed E-state index contributed by atoms with van der Waals surface area (Å²) in [7, 11) is 0. The first kappa shape index (κ1) is 8.51. The minimum atomic E-state index is -0.350.